The topological polar surface area (TPSA) is 61.4 Å². The van der Waals surface area contributed by atoms with Crippen LogP contribution in [0.4, 0.5) is 22.4 Å². The van der Waals surface area contributed by atoms with Gasteiger partial charge in [0.15, 0.2) is 0 Å². The first kappa shape index (κ1) is 21.7. The van der Waals surface area contributed by atoms with Crippen LogP contribution >= 0.6 is 0 Å². The van der Waals surface area contributed by atoms with E-state index in [9.17, 15) is 27.5 Å². The lowest BCUT2D eigenvalue weighted by atomic mass is 9.99. The van der Waals surface area contributed by atoms with Crippen LogP contribution in [0.2, 0.25) is 0 Å². The van der Waals surface area contributed by atoms with Crippen LogP contribution in [0.3, 0.4) is 0 Å². The molecule has 28 heavy (non-hydrogen) atoms. The summed E-state index contributed by atoms with van der Waals surface area (Å²) in [5.41, 5.74) is 0.416. The van der Waals surface area contributed by atoms with Crippen molar-refractivity contribution in [2.24, 2.45) is 5.92 Å². The number of rotatable bonds is 8. The van der Waals surface area contributed by atoms with Crippen molar-refractivity contribution in [3.8, 4) is 0 Å². The van der Waals surface area contributed by atoms with Crippen molar-refractivity contribution in [1.29, 1.82) is 0 Å². The molecule has 2 rings (SSSR count). The molecule has 1 atom stereocenters. The molecule has 2 aromatic carbocycles. The van der Waals surface area contributed by atoms with Crippen molar-refractivity contribution < 1.29 is 27.5 Å². The van der Waals surface area contributed by atoms with Gasteiger partial charge in [0.05, 0.1) is 5.56 Å². The molecule has 0 aliphatic heterocycles. The van der Waals surface area contributed by atoms with Crippen LogP contribution in [0.25, 0.3) is 0 Å². The van der Waals surface area contributed by atoms with Crippen LogP contribution < -0.4 is 10.6 Å². The molecule has 4 nitrogen and oxygen atoms in total. The molecule has 1 unspecified atom stereocenters. The number of urea groups is 1. The second-order valence-electron chi connectivity index (χ2n) is 6.43. The Labute approximate surface area is 160 Å². The highest BCUT2D eigenvalue weighted by Crippen LogP contribution is 2.29. The highest BCUT2D eigenvalue weighted by molar-refractivity contribution is 5.73. The Kier molecular flexibility index (Phi) is 7.80. The van der Waals surface area contributed by atoms with Crippen molar-refractivity contribution in [1.82, 2.24) is 10.6 Å². The maximum absolute atomic E-state index is 13.7. The summed E-state index contributed by atoms with van der Waals surface area (Å²) in [5.74, 6) is -0.695. The van der Waals surface area contributed by atoms with Gasteiger partial charge in [-0.2, -0.15) is 13.2 Å². The quantitative estimate of drug-likeness (QED) is 0.596. The van der Waals surface area contributed by atoms with E-state index in [2.05, 4.69) is 10.6 Å². The van der Waals surface area contributed by atoms with E-state index in [-0.39, 0.29) is 37.9 Å². The molecule has 0 saturated heterocycles. The summed E-state index contributed by atoms with van der Waals surface area (Å²) in [6.07, 6.45) is -3.71. The monoisotopic (exact) mass is 398 g/mol. The molecule has 2 aromatic rings. The van der Waals surface area contributed by atoms with Gasteiger partial charge in [-0.05, 0) is 42.2 Å². The smallest absolute Gasteiger partial charge is 0.396 e. The normalized spacial score (nSPS) is 12.5. The fourth-order valence-electron chi connectivity index (χ4n) is 2.66. The third kappa shape index (κ3) is 6.84. The van der Waals surface area contributed by atoms with Gasteiger partial charge < -0.3 is 15.7 Å². The summed E-state index contributed by atoms with van der Waals surface area (Å²) < 4.78 is 51.2. The molecule has 3 N–H and O–H groups in total. The van der Waals surface area contributed by atoms with E-state index in [4.69, 9.17) is 0 Å². The molecule has 0 aromatic heterocycles. The number of hydrogen-bond acceptors (Lipinski definition) is 2. The fourth-order valence-corrected chi connectivity index (χ4v) is 2.66. The van der Waals surface area contributed by atoms with Crippen molar-refractivity contribution in [3.05, 3.63) is 71.0 Å². The predicted molar refractivity (Wildman–Crippen MR) is 97.2 cm³/mol. The van der Waals surface area contributed by atoms with Crippen LogP contribution in [0.5, 0.6) is 0 Å². The summed E-state index contributed by atoms with van der Waals surface area (Å²) in [6, 6.07) is 10.5. The molecule has 0 heterocycles. The Morgan fingerprint density at radius 1 is 1.04 bits per heavy atom. The lowest BCUT2D eigenvalue weighted by Crippen LogP contribution is -2.40. The highest BCUT2D eigenvalue weighted by atomic mass is 19.4. The van der Waals surface area contributed by atoms with Crippen molar-refractivity contribution in [3.63, 3.8) is 0 Å². The zero-order chi connectivity index (χ0) is 20.6. The number of halogens is 4. The maximum Gasteiger partial charge on any atom is 0.416 e. The summed E-state index contributed by atoms with van der Waals surface area (Å²) in [5, 5.41) is 14.6. The first-order valence-electron chi connectivity index (χ1n) is 8.81. The van der Waals surface area contributed by atoms with Crippen LogP contribution in [-0.4, -0.2) is 30.8 Å². The van der Waals surface area contributed by atoms with Crippen LogP contribution in [0.15, 0.2) is 48.5 Å². The number of carbonyl (C=O) groups excluding carboxylic acids is 1. The molecule has 0 aliphatic carbocycles. The summed E-state index contributed by atoms with van der Waals surface area (Å²) >= 11 is 0. The first-order valence-corrected chi connectivity index (χ1v) is 8.81. The van der Waals surface area contributed by atoms with Crippen molar-refractivity contribution in [2.75, 3.05) is 19.7 Å². The molecule has 152 valence electrons. The average Bonchev–Trinajstić information content (AvgIpc) is 2.66. The number of hydrogen-bond donors (Lipinski definition) is 3. The Morgan fingerprint density at radius 2 is 1.71 bits per heavy atom. The van der Waals surface area contributed by atoms with Gasteiger partial charge in [-0.1, -0.05) is 30.3 Å². The number of benzene rings is 2. The van der Waals surface area contributed by atoms with E-state index >= 15 is 0 Å². The molecule has 0 aliphatic rings. The summed E-state index contributed by atoms with van der Waals surface area (Å²) in [4.78, 5) is 11.8. The van der Waals surface area contributed by atoms with Crippen LogP contribution in [0.1, 0.15) is 16.7 Å². The van der Waals surface area contributed by atoms with Crippen LogP contribution in [0, 0.1) is 11.7 Å². The third-order valence-electron chi connectivity index (χ3n) is 4.26. The van der Waals surface area contributed by atoms with Gasteiger partial charge in [0.1, 0.15) is 5.82 Å². The Bertz CT molecular complexity index is 764. The van der Waals surface area contributed by atoms with Gasteiger partial charge in [0, 0.05) is 25.6 Å². The standard InChI is InChI=1S/C20H22F4N2O2/c21-18-4-2-1-3-16(18)11-15(13-27)12-26-19(28)25-10-9-14-5-7-17(8-6-14)20(22,23)24/h1-8,15,27H,9-13H2,(H2,25,26,28). The summed E-state index contributed by atoms with van der Waals surface area (Å²) in [6.45, 7) is 0.200. The van der Waals surface area contributed by atoms with E-state index in [1.165, 1.54) is 18.2 Å². The molecule has 2 amide bonds. The molecular formula is C20H22F4N2O2. The molecule has 0 radical (unpaired) electrons. The zero-order valence-electron chi connectivity index (χ0n) is 15.1. The van der Waals surface area contributed by atoms with E-state index in [1.54, 1.807) is 18.2 Å². The lowest BCUT2D eigenvalue weighted by Gasteiger charge is -2.16. The predicted octanol–water partition coefficient (Wildman–Crippen LogP) is 3.54. The molecule has 0 saturated carbocycles. The van der Waals surface area contributed by atoms with Crippen molar-refractivity contribution in [2.45, 2.75) is 19.0 Å². The van der Waals surface area contributed by atoms with Crippen LogP contribution in [-0.2, 0) is 19.0 Å². The Hall–Kier alpha value is -2.61. The number of carbonyl (C=O) groups is 1. The lowest BCUT2D eigenvalue weighted by molar-refractivity contribution is -0.137. The number of aliphatic hydroxyl groups excluding tert-OH is 1. The molecular weight excluding hydrogens is 376 g/mol. The average molecular weight is 398 g/mol. The largest absolute Gasteiger partial charge is 0.416 e. The van der Waals surface area contributed by atoms with Gasteiger partial charge in [-0.25, -0.2) is 9.18 Å². The third-order valence-corrected chi connectivity index (χ3v) is 4.26. The second-order valence-corrected chi connectivity index (χ2v) is 6.43. The van der Waals surface area contributed by atoms with E-state index in [1.807, 2.05) is 0 Å². The molecule has 8 heteroatoms. The maximum atomic E-state index is 13.7. The van der Waals surface area contributed by atoms with Gasteiger partial charge >= 0.3 is 12.2 Å². The second kappa shape index (κ2) is 10.1. The number of aliphatic hydroxyl groups is 1. The van der Waals surface area contributed by atoms with Gasteiger partial charge in [-0.15, -0.1) is 0 Å². The minimum atomic E-state index is -4.37. The zero-order valence-corrected chi connectivity index (χ0v) is 15.1. The van der Waals surface area contributed by atoms with Gasteiger partial charge in [0.2, 0.25) is 0 Å². The minimum Gasteiger partial charge on any atom is -0.396 e. The van der Waals surface area contributed by atoms with Gasteiger partial charge in [0.25, 0.3) is 0 Å². The Morgan fingerprint density at radius 3 is 2.32 bits per heavy atom. The van der Waals surface area contributed by atoms with E-state index < -0.39 is 17.8 Å². The molecule has 0 fully saturated rings. The SMILES string of the molecule is O=C(NCCc1ccc(C(F)(F)F)cc1)NCC(CO)Cc1ccccc1F. The molecule has 0 bridgehead atoms. The number of nitrogens with one attached hydrogen (secondary N) is 2. The fraction of sp³-hybridized carbons (Fsp3) is 0.350. The highest BCUT2D eigenvalue weighted by Gasteiger charge is 2.29. The Balaban J connectivity index is 1.72. The number of amides is 2. The summed E-state index contributed by atoms with van der Waals surface area (Å²) in [7, 11) is 0. The van der Waals surface area contributed by atoms with Crippen molar-refractivity contribution >= 4 is 6.03 Å². The molecule has 0 spiro atoms. The minimum absolute atomic E-state index is 0.164. The van der Waals surface area contributed by atoms with E-state index in [0.29, 0.717) is 17.5 Å². The van der Waals surface area contributed by atoms with E-state index in [0.717, 1.165) is 12.1 Å². The van der Waals surface area contributed by atoms with Gasteiger partial charge in [-0.3, -0.25) is 0 Å². The first-order chi connectivity index (χ1) is 13.3. The number of alkyl halides is 3.